The van der Waals surface area contributed by atoms with Crippen molar-refractivity contribution in [1.82, 2.24) is 0 Å². The molecule has 5 heteroatoms. The quantitative estimate of drug-likeness (QED) is 0.826. The molecule has 90 valence electrons. The number of rotatable bonds is 3. The zero-order valence-electron chi connectivity index (χ0n) is 9.37. The molecular weight excluding hydrogens is 232 g/mol. The molecule has 2 rings (SSSR count). The largest absolute Gasteiger partial charge is 0.457 e. The Balaban J connectivity index is 2.12. The molecule has 0 saturated carbocycles. The fourth-order valence-electron chi connectivity index (χ4n) is 1.35. The number of carbonyl (C=O) groups is 1. The van der Waals surface area contributed by atoms with Crippen molar-refractivity contribution in [3.05, 3.63) is 54.6 Å². The summed E-state index contributed by atoms with van der Waals surface area (Å²) in [5, 5.41) is 2.65. The predicted molar refractivity (Wildman–Crippen MR) is 64.1 cm³/mol. The number of ether oxygens (including phenoxy) is 2. The first kappa shape index (κ1) is 11.8. The molecule has 2 aromatic rings. The number of nitrogens with zero attached hydrogens (tertiary/aromatic N) is 1. The van der Waals surface area contributed by atoms with Crippen molar-refractivity contribution >= 4 is 6.09 Å². The van der Waals surface area contributed by atoms with E-state index >= 15 is 0 Å². The third-order valence-corrected chi connectivity index (χ3v) is 2.08. The lowest BCUT2D eigenvalue weighted by Gasteiger charge is -2.06. The zero-order valence-corrected chi connectivity index (χ0v) is 9.37. The van der Waals surface area contributed by atoms with Crippen LogP contribution in [-0.2, 0) is 0 Å². The lowest BCUT2D eigenvalue weighted by molar-refractivity contribution is 0.208. The Kier molecular flexibility index (Phi) is 3.66. The number of carbonyl (C=O) groups excluding carboxylic acids is 1. The topological polar surface area (TPSA) is 71.7 Å². The highest BCUT2D eigenvalue weighted by Crippen LogP contribution is 2.25. The minimum absolute atomic E-state index is 0.282. The number of para-hydroxylation sites is 1. The van der Waals surface area contributed by atoms with Crippen molar-refractivity contribution in [2.24, 2.45) is 5.11 Å². The lowest BCUT2D eigenvalue weighted by Crippen LogP contribution is -2.00. The van der Waals surface area contributed by atoms with Crippen molar-refractivity contribution in [1.29, 1.82) is 5.53 Å². The number of hydrogen-bond acceptors (Lipinski definition) is 4. The average molecular weight is 242 g/mol. The van der Waals surface area contributed by atoms with Gasteiger partial charge in [-0.15, -0.1) is 0 Å². The fourth-order valence-corrected chi connectivity index (χ4v) is 1.35. The number of amides is 1. The Hall–Kier alpha value is -2.69. The van der Waals surface area contributed by atoms with Gasteiger partial charge in [-0.3, -0.25) is 0 Å². The normalized spacial score (nSPS) is 9.56. The van der Waals surface area contributed by atoms with Crippen LogP contribution in [0.5, 0.6) is 17.2 Å². The molecule has 5 nitrogen and oxygen atoms in total. The molecule has 0 aliphatic heterocycles. The molecule has 0 saturated heterocycles. The van der Waals surface area contributed by atoms with Crippen LogP contribution in [0, 0.1) is 5.53 Å². The Bertz CT molecular complexity index is 555. The molecule has 0 aliphatic carbocycles. The van der Waals surface area contributed by atoms with Crippen molar-refractivity contribution in [2.45, 2.75) is 0 Å². The summed E-state index contributed by atoms with van der Waals surface area (Å²) in [6.07, 6.45) is -0.966. The minimum Gasteiger partial charge on any atom is -0.457 e. The monoisotopic (exact) mass is 242 g/mol. The first-order chi connectivity index (χ1) is 8.78. The number of benzene rings is 2. The second kappa shape index (κ2) is 5.58. The van der Waals surface area contributed by atoms with E-state index in [9.17, 15) is 4.79 Å². The van der Waals surface area contributed by atoms with E-state index in [2.05, 4.69) is 5.11 Å². The first-order valence-electron chi connectivity index (χ1n) is 5.20. The van der Waals surface area contributed by atoms with Gasteiger partial charge in [-0.2, -0.15) is 5.53 Å². The van der Waals surface area contributed by atoms with Crippen LogP contribution in [0.4, 0.5) is 4.79 Å². The van der Waals surface area contributed by atoms with Crippen molar-refractivity contribution in [3.8, 4) is 17.2 Å². The van der Waals surface area contributed by atoms with Crippen LogP contribution in [0.3, 0.4) is 0 Å². The fraction of sp³-hybridized carbons (Fsp3) is 0. The van der Waals surface area contributed by atoms with E-state index in [4.69, 9.17) is 15.0 Å². The molecule has 1 amide bonds. The molecule has 18 heavy (non-hydrogen) atoms. The predicted octanol–water partition coefficient (Wildman–Crippen LogP) is 4.01. The smallest absolute Gasteiger partial charge is 0.457 e. The molecule has 1 N–H and O–H groups in total. The van der Waals surface area contributed by atoms with E-state index in [0.29, 0.717) is 11.5 Å². The average Bonchev–Trinajstić information content (AvgIpc) is 2.40. The van der Waals surface area contributed by atoms with Crippen LogP contribution >= 0.6 is 0 Å². The summed E-state index contributed by atoms with van der Waals surface area (Å²) in [5.41, 5.74) is 6.51. The van der Waals surface area contributed by atoms with Crippen molar-refractivity contribution in [3.63, 3.8) is 0 Å². The van der Waals surface area contributed by atoms with Gasteiger partial charge in [0.05, 0.1) is 0 Å². The van der Waals surface area contributed by atoms with Gasteiger partial charge in [-0.1, -0.05) is 29.4 Å². The third kappa shape index (κ3) is 3.15. The van der Waals surface area contributed by atoms with Gasteiger partial charge in [-0.25, -0.2) is 4.79 Å². The Morgan fingerprint density at radius 2 is 1.61 bits per heavy atom. The van der Waals surface area contributed by atoms with Crippen LogP contribution in [-0.4, -0.2) is 6.09 Å². The highest BCUT2D eigenvalue weighted by atomic mass is 16.6. The second-order valence-corrected chi connectivity index (χ2v) is 3.37. The molecule has 0 bridgehead atoms. The lowest BCUT2D eigenvalue weighted by atomic mass is 10.3. The van der Waals surface area contributed by atoms with Crippen LogP contribution in [0.2, 0.25) is 0 Å². The van der Waals surface area contributed by atoms with Crippen molar-refractivity contribution in [2.75, 3.05) is 0 Å². The van der Waals surface area contributed by atoms with E-state index in [0.717, 1.165) is 0 Å². The summed E-state index contributed by atoms with van der Waals surface area (Å²) >= 11 is 0. The van der Waals surface area contributed by atoms with Gasteiger partial charge in [0.25, 0.3) is 0 Å². The van der Waals surface area contributed by atoms with Gasteiger partial charge in [0.1, 0.15) is 17.2 Å². The molecule has 0 fully saturated rings. The van der Waals surface area contributed by atoms with Gasteiger partial charge in [0.2, 0.25) is 0 Å². The molecule has 2 aromatic carbocycles. The van der Waals surface area contributed by atoms with Gasteiger partial charge >= 0.3 is 6.09 Å². The molecule has 0 radical (unpaired) electrons. The molecule has 0 heterocycles. The van der Waals surface area contributed by atoms with E-state index in [-0.39, 0.29) is 5.75 Å². The molecule has 0 atom stereocenters. The maximum absolute atomic E-state index is 10.8. The molecule has 0 aliphatic rings. The number of nitrogens with one attached hydrogen (secondary N) is 1. The summed E-state index contributed by atoms with van der Waals surface area (Å²) in [6, 6.07) is 15.8. The van der Waals surface area contributed by atoms with Crippen molar-refractivity contribution < 1.29 is 14.3 Å². The van der Waals surface area contributed by atoms with Crippen LogP contribution in [0.1, 0.15) is 0 Å². The first-order valence-corrected chi connectivity index (χ1v) is 5.20. The third-order valence-electron chi connectivity index (χ3n) is 2.08. The Labute approximate surface area is 103 Å². The number of hydrogen-bond donors (Lipinski definition) is 1. The second-order valence-electron chi connectivity index (χ2n) is 3.37. The van der Waals surface area contributed by atoms with Gasteiger partial charge in [-0.05, 0) is 24.3 Å². The highest BCUT2D eigenvalue weighted by Gasteiger charge is 2.04. The van der Waals surface area contributed by atoms with E-state index in [1.54, 1.807) is 24.3 Å². The summed E-state index contributed by atoms with van der Waals surface area (Å²) < 4.78 is 10.3. The standard InChI is InChI=1S/C13H10N2O3/c14-15-13(16)18-12-8-4-7-11(9-12)17-10-5-2-1-3-6-10/h1-9,14H. The summed E-state index contributed by atoms with van der Waals surface area (Å²) in [5.74, 6) is 1.51. The maximum atomic E-state index is 10.8. The molecule has 0 unspecified atom stereocenters. The van der Waals surface area contributed by atoms with E-state index in [1.807, 2.05) is 30.3 Å². The van der Waals surface area contributed by atoms with E-state index in [1.165, 1.54) is 0 Å². The van der Waals surface area contributed by atoms with Crippen LogP contribution in [0.15, 0.2) is 59.7 Å². The van der Waals surface area contributed by atoms with E-state index < -0.39 is 6.09 Å². The Morgan fingerprint density at radius 1 is 0.944 bits per heavy atom. The summed E-state index contributed by atoms with van der Waals surface area (Å²) in [6.45, 7) is 0. The highest BCUT2D eigenvalue weighted by molar-refractivity contribution is 5.70. The van der Waals surface area contributed by atoms with Crippen LogP contribution < -0.4 is 9.47 Å². The molecular formula is C13H10N2O3. The molecule has 0 spiro atoms. The van der Waals surface area contributed by atoms with Gasteiger partial charge < -0.3 is 9.47 Å². The summed E-state index contributed by atoms with van der Waals surface area (Å²) in [7, 11) is 0. The minimum atomic E-state index is -0.966. The maximum Gasteiger partial charge on any atom is 0.457 e. The van der Waals surface area contributed by atoms with Gasteiger partial charge in [0, 0.05) is 6.07 Å². The van der Waals surface area contributed by atoms with Gasteiger partial charge in [0.15, 0.2) is 0 Å². The van der Waals surface area contributed by atoms with Crippen LogP contribution in [0.25, 0.3) is 0 Å². The SMILES string of the molecule is N=NC(=O)Oc1cccc(Oc2ccccc2)c1. The Morgan fingerprint density at radius 3 is 2.33 bits per heavy atom. The zero-order chi connectivity index (χ0) is 12.8. The molecule has 0 aromatic heterocycles. The summed E-state index contributed by atoms with van der Waals surface area (Å²) in [4.78, 5) is 10.8.